The summed E-state index contributed by atoms with van der Waals surface area (Å²) in [5.41, 5.74) is 3.87. The predicted octanol–water partition coefficient (Wildman–Crippen LogP) is 5.07. The topological polar surface area (TPSA) is 58.7 Å². The van der Waals surface area contributed by atoms with Crippen LogP contribution in [0.1, 0.15) is 42.5 Å². The molecule has 1 aromatic carbocycles. The molecule has 2 aliphatic rings. The first kappa shape index (κ1) is 19.8. The van der Waals surface area contributed by atoms with Crippen LogP contribution in [0.3, 0.4) is 0 Å². The average molecular weight is 396 g/mol. The zero-order chi connectivity index (χ0) is 21.3. The zero-order valence-corrected chi connectivity index (χ0v) is 17.4. The highest BCUT2D eigenvalue weighted by Gasteiger charge is 2.50. The summed E-state index contributed by atoms with van der Waals surface area (Å²) in [6.45, 7) is 7.86. The Labute approximate surface area is 177 Å². The minimum Gasteiger partial charge on any atom is -0.301 e. The molecule has 0 radical (unpaired) electrons. The molecule has 150 valence electrons. The molecule has 4 rings (SSSR count). The van der Waals surface area contributed by atoms with Gasteiger partial charge in [0.25, 0.3) is 0 Å². The van der Waals surface area contributed by atoms with Crippen molar-refractivity contribution in [3.63, 3.8) is 0 Å². The number of fused-ring (bicyclic) bond motifs is 3. The molecule has 30 heavy (non-hydrogen) atoms. The van der Waals surface area contributed by atoms with Gasteiger partial charge in [0.15, 0.2) is 5.78 Å². The van der Waals surface area contributed by atoms with Crippen molar-refractivity contribution in [2.24, 2.45) is 5.92 Å². The number of aryl methyl sites for hydroxylation is 1. The molecule has 1 heterocycles. The van der Waals surface area contributed by atoms with Crippen LogP contribution in [0.5, 0.6) is 0 Å². The van der Waals surface area contributed by atoms with Gasteiger partial charge in [-0.2, -0.15) is 5.26 Å². The number of nitrogens with zero attached hydrogens (tertiary/aromatic N) is 3. The zero-order valence-electron chi connectivity index (χ0n) is 17.4. The maximum atomic E-state index is 12.6. The predicted molar refractivity (Wildman–Crippen MR) is 119 cm³/mol. The fourth-order valence-electron chi connectivity index (χ4n) is 5.07. The summed E-state index contributed by atoms with van der Waals surface area (Å²) in [5.74, 6) is 0.925. The summed E-state index contributed by atoms with van der Waals surface area (Å²) in [6.07, 6.45) is 11.8. The van der Waals surface area contributed by atoms with Crippen molar-refractivity contribution in [2.75, 3.05) is 0 Å². The lowest BCUT2D eigenvalue weighted by Crippen LogP contribution is -2.44. The van der Waals surface area contributed by atoms with Gasteiger partial charge in [0.05, 0.1) is 16.7 Å². The van der Waals surface area contributed by atoms with Gasteiger partial charge in [0.2, 0.25) is 0 Å². The van der Waals surface area contributed by atoms with E-state index in [1.807, 2.05) is 50.3 Å². The van der Waals surface area contributed by atoms with Crippen LogP contribution in [0.4, 0.5) is 0 Å². The van der Waals surface area contributed by atoms with Crippen LogP contribution in [0.25, 0.3) is 5.70 Å². The molecule has 1 aromatic heterocycles. The van der Waals surface area contributed by atoms with E-state index < -0.39 is 5.41 Å². The van der Waals surface area contributed by atoms with Gasteiger partial charge in [0.1, 0.15) is 11.9 Å². The van der Waals surface area contributed by atoms with E-state index in [4.69, 9.17) is 4.98 Å². The Kier molecular flexibility index (Phi) is 5.13. The molecular formula is C26H25N3O. The third-order valence-electron chi connectivity index (χ3n) is 6.27. The van der Waals surface area contributed by atoms with Crippen molar-refractivity contribution in [3.8, 4) is 6.07 Å². The highest BCUT2D eigenvalue weighted by atomic mass is 16.1. The second kappa shape index (κ2) is 7.76. The molecule has 2 atom stereocenters. The largest absolute Gasteiger partial charge is 0.301 e. The van der Waals surface area contributed by atoms with E-state index in [0.29, 0.717) is 6.42 Å². The fraction of sp³-hybridized carbons (Fsp3) is 0.269. The van der Waals surface area contributed by atoms with Gasteiger partial charge in [-0.25, -0.2) is 4.98 Å². The molecule has 0 amide bonds. The molecule has 0 N–H and O–H groups in total. The average Bonchev–Trinajstić information content (AvgIpc) is 3.10. The summed E-state index contributed by atoms with van der Waals surface area (Å²) < 4.78 is 2.19. The van der Waals surface area contributed by atoms with E-state index in [9.17, 15) is 10.1 Å². The maximum Gasteiger partial charge on any atom is 0.173 e. The van der Waals surface area contributed by atoms with E-state index >= 15 is 0 Å². The van der Waals surface area contributed by atoms with Gasteiger partial charge >= 0.3 is 0 Å². The molecule has 4 nitrogen and oxygen atoms in total. The smallest absolute Gasteiger partial charge is 0.173 e. The molecule has 0 saturated carbocycles. The molecular weight excluding hydrogens is 370 g/mol. The third kappa shape index (κ3) is 2.90. The van der Waals surface area contributed by atoms with Crippen LogP contribution in [-0.4, -0.2) is 15.3 Å². The van der Waals surface area contributed by atoms with Crippen molar-refractivity contribution >= 4 is 11.5 Å². The van der Waals surface area contributed by atoms with Gasteiger partial charge in [0, 0.05) is 17.8 Å². The number of Topliss-reactive ketones (excluding diaryl/α,β-unsaturated/α-hetero) is 1. The maximum absolute atomic E-state index is 12.6. The number of carbonyl (C=O) groups excluding carboxylic acids is 1. The van der Waals surface area contributed by atoms with Gasteiger partial charge in [-0.05, 0) is 56.4 Å². The number of nitriles is 1. The number of aromatic nitrogens is 2. The monoisotopic (exact) mass is 395 g/mol. The molecule has 2 aromatic rings. The minimum absolute atomic E-state index is 0.0604. The summed E-state index contributed by atoms with van der Waals surface area (Å²) in [4.78, 5) is 17.6. The lowest BCUT2D eigenvalue weighted by atomic mass is 9.58. The number of allylic oxidation sites excluding steroid dienone is 7. The van der Waals surface area contributed by atoms with Gasteiger partial charge in [-0.15, -0.1) is 0 Å². The first-order valence-electron chi connectivity index (χ1n) is 10.3. The second-order valence-corrected chi connectivity index (χ2v) is 7.88. The summed E-state index contributed by atoms with van der Waals surface area (Å²) in [6, 6.07) is 12.3. The number of ketones is 1. The number of rotatable bonds is 4. The number of imidazole rings is 1. The van der Waals surface area contributed by atoms with Crippen LogP contribution in [0.2, 0.25) is 0 Å². The van der Waals surface area contributed by atoms with Crippen molar-refractivity contribution in [1.82, 2.24) is 9.55 Å². The Hall–Kier alpha value is -3.45. The second-order valence-electron chi connectivity index (χ2n) is 7.88. The highest BCUT2D eigenvalue weighted by Crippen LogP contribution is 2.52. The van der Waals surface area contributed by atoms with Crippen LogP contribution in [0.15, 0.2) is 72.9 Å². The van der Waals surface area contributed by atoms with Crippen LogP contribution in [-0.2, 0) is 16.6 Å². The lowest BCUT2D eigenvalue weighted by molar-refractivity contribution is -0.117. The van der Waals surface area contributed by atoms with Crippen molar-refractivity contribution in [2.45, 2.75) is 38.5 Å². The van der Waals surface area contributed by atoms with E-state index in [2.05, 4.69) is 35.4 Å². The molecule has 0 spiro atoms. The fourth-order valence-corrected chi connectivity index (χ4v) is 5.07. The van der Waals surface area contributed by atoms with Crippen LogP contribution in [0, 0.1) is 24.2 Å². The minimum atomic E-state index is -0.570. The van der Waals surface area contributed by atoms with Crippen molar-refractivity contribution in [3.05, 3.63) is 95.6 Å². The number of benzene rings is 1. The molecule has 0 fully saturated rings. The Balaban J connectivity index is 2.06. The van der Waals surface area contributed by atoms with E-state index in [1.54, 1.807) is 6.08 Å². The third-order valence-corrected chi connectivity index (χ3v) is 6.27. The molecule has 0 saturated heterocycles. The molecule has 0 bridgehead atoms. The van der Waals surface area contributed by atoms with Gasteiger partial charge in [-0.3, -0.25) is 4.79 Å². The van der Waals surface area contributed by atoms with E-state index in [-0.39, 0.29) is 17.3 Å². The van der Waals surface area contributed by atoms with E-state index in [1.165, 1.54) is 0 Å². The SMILES string of the molecule is C=C/C=C(\C=C/C)n1c(C)nc2c1CCC1CC(=O)C(C#N)=CC21c1ccccc1. The number of carbonyl (C=O) groups is 1. The Morgan fingerprint density at radius 1 is 1.37 bits per heavy atom. The number of hydrogen-bond acceptors (Lipinski definition) is 3. The molecule has 4 heteroatoms. The standard InChI is InChI=1S/C26H25N3O/c1-4-9-22(10-5-2)29-18(3)28-25-23(29)14-13-21-15-24(30)19(17-27)16-26(21,25)20-11-7-6-8-12-20/h4-12,16,21H,1,13-15H2,2-3H3/b10-5-,22-9+. The Morgan fingerprint density at radius 2 is 2.13 bits per heavy atom. The molecule has 0 aliphatic heterocycles. The molecule has 2 unspecified atom stereocenters. The number of hydrogen-bond donors (Lipinski definition) is 0. The van der Waals surface area contributed by atoms with Gasteiger partial charge < -0.3 is 4.57 Å². The highest BCUT2D eigenvalue weighted by molar-refractivity contribution is 6.01. The Bertz CT molecular complexity index is 1140. The Morgan fingerprint density at radius 3 is 2.80 bits per heavy atom. The first-order chi connectivity index (χ1) is 14.6. The van der Waals surface area contributed by atoms with Crippen LogP contribution >= 0.6 is 0 Å². The summed E-state index contributed by atoms with van der Waals surface area (Å²) in [5, 5.41) is 9.65. The van der Waals surface area contributed by atoms with Crippen molar-refractivity contribution < 1.29 is 4.79 Å². The normalized spacial score (nSPS) is 23.5. The molecule has 2 aliphatic carbocycles. The van der Waals surface area contributed by atoms with Crippen LogP contribution < -0.4 is 0 Å². The first-order valence-corrected chi connectivity index (χ1v) is 10.3. The van der Waals surface area contributed by atoms with E-state index in [0.717, 1.165) is 41.3 Å². The lowest BCUT2D eigenvalue weighted by Gasteiger charge is -2.44. The summed E-state index contributed by atoms with van der Waals surface area (Å²) in [7, 11) is 0. The van der Waals surface area contributed by atoms with Gasteiger partial charge in [-0.1, -0.05) is 49.1 Å². The summed E-state index contributed by atoms with van der Waals surface area (Å²) >= 11 is 0. The van der Waals surface area contributed by atoms with Crippen molar-refractivity contribution in [1.29, 1.82) is 5.26 Å². The quantitative estimate of drug-likeness (QED) is 0.680.